The number of benzene rings is 2. The van der Waals surface area contributed by atoms with Gasteiger partial charge >= 0.3 is 12.1 Å². The Balaban J connectivity index is 1.15. The molecule has 4 fully saturated rings. The van der Waals surface area contributed by atoms with Gasteiger partial charge in [0.25, 0.3) is 5.97 Å². The highest BCUT2D eigenvalue weighted by Gasteiger charge is 2.71. The van der Waals surface area contributed by atoms with Gasteiger partial charge in [-0.1, -0.05) is 62.1 Å². The first-order valence-corrected chi connectivity index (χ1v) is 20.0. The number of likely N-dealkylation sites (tertiary alicyclic amines) is 1. The molecule has 2 aromatic carbocycles. The van der Waals surface area contributed by atoms with Crippen LogP contribution in [-0.2, 0) is 41.4 Å². The Bertz CT molecular complexity index is 1960. The number of amides is 1. The van der Waals surface area contributed by atoms with E-state index in [1.165, 1.54) is 7.11 Å². The molecule has 8 atom stereocenters. The van der Waals surface area contributed by atoms with Crippen molar-refractivity contribution < 1.29 is 47.9 Å². The van der Waals surface area contributed by atoms with Gasteiger partial charge < -0.3 is 44.2 Å². The summed E-state index contributed by atoms with van der Waals surface area (Å²) in [5, 5.41) is 12.6. The quantitative estimate of drug-likeness (QED) is 0.204. The van der Waals surface area contributed by atoms with Gasteiger partial charge in [0, 0.05) is 44.5 Å². The molecule has 57 heavy (non-hydrogen) atoms. The molecule has 8 rings (SSSR count). The molecule has 306 valence electrons. The van der Waals surface area contributed by atoms with Crippen LogP contribution < -0.4 is 15.2 Å². The minimum absolute atomic E-state index is 0.0402. The molecule has 3 N–H and O–H groups in total. The summed E-state index contributed by atoms with van der Waals surface area (Å²) in [6.07, 6.45) is 7.23. The molecular weight excluding hydrogens is 728 g/mol. The lowest BCUT2D eigenvalue weighted by molar-refractivity contribution is -0.413. The van der Waals surface area contributed by atoms with Gasteiger partial charge in [-0.15, -0.1) is 0 Å². The Kier molecular flexibility index (Phi) is 11.3. The predicted octanol–water partition coefficient (Wildman–Crippen LogP) is 5.99. The van der Waals surface area contributed by atoms with Gasteiger partial charge in [-0.25, -0.2) is 4.79 Å². The van der Waals surface area contributed by atoms with Crippen molar-refractivity contribution in [2.75, 3.05) is 33.9 Å². The fraction of sp³-hybridized carbons (Fsp3) is 0.533. The molecular formula is C45H56N2O10. The molecule has 3 saturated heterocycles. The van der Waals surface area contributed by atoms with Crippen LogP contribution in [0.3, 0.4) is 0 Å². The van der Waals surface area contributed by atoms with Gasteiger partial charge in [0.05, 0.1) is 31.2 Å². The van der Waals surface area contributed by atoms with E-state index in [0.29, 0.717) is 48.4 Å². The van der Waals surface area contributed by atoms with Crippen LogP contribution in [0, 0.1) is 17.8 Å². The minimum atomic E-state index is -1.86. The van der Waals surface area contributed by atoms with Crippen molar-refractivity contribution in [1.29, 1.82) is 0 Å². The van der Waals surface area contributed by atoms with E-state index in [1.54, 1.807) is 37.1 Å². The van der Waals surface area contributed by atoms with Crippen molar-refractivity contribution >= 4 is 17.8 Å². The van der Waals surface area contributed by atoms with E-state index in [9.17, 15) is 19.5 Å². The van der Waals surface area contributed by atoms with E-state index in [4.69, 9.17) is 34.2 Å². The monoisotopic (exact) mass is 784 g/mol. The minimum Gasteiger partial charge on any atom is -0.493 e. The van der Waals surface area contributed by atoms with Crippen LogP contribution in [0.2, 0.25) is 0 Å². The third-order valence-corrected chi connectivity index (χ3v) is 13.0. The van der Waals surface area contributed by atoms with Crippen LogP contribution in [0.4, 0.5) is 4.79 Å². The van der Waals surface area contributed by atoms with Crippen molar-refractivity contribution in [1.82, 2.24) is 4.90 Å². The lowest BCUT2D eigenvalue weighted by atomic mass is 9.56. The Hall–Kier alpha value is -4.33. The second kappa shape index (κ2) is 15.8. The standard InChI is InChI=1S/C45H56N2O10/c1-28(2)42-22-30(4)45(57-44(53-6,56-42)24-31-12-8-7-9-13-31)34(25-42)19-33(23-43(51)38(45)18-29(3)40(43)49)27-54-39(48)21-32-15-16-36(37(20-32)52-5)55-41(50)47-17-11-10-14-35(47)26-46/h7-9,12-13,15-16,18-20,30,34-35,38,51H,1,10-11,14,17,21-27,46H2,2-6H3/t30-,34+,35?,38-,42+,43-,44-,45-/m1/s1. The predicted molar refractivity (Wildman–Crippen MR) is 211 cm³/mol. The van der Waals surface area contributed by atoms with Gasteiger partial charge in [-0.05, 0) is 91.8 Å². The summed E-state index contributed by atoms with van der Waals surface area (Å²) in [7, 11) is 3.03. The Morgan fingerprint density at radius 3 is 2.51 bits per heavy atom. The Labute approximate surface area is 334 Å². The largest absolute Gasteiger partial charge is 0.493 e. The molecule has 1 amide bonds. The zero-order chi connectivity index (χ0) is 40.8. The Morgan fingerprint density at radius 1 is 1.04 bits per heavy atom. The van der Waals surface area contributed by atoms with Crippen LogP contribution >= 0.6 is 0 Å². The van der Waals surface area contributed by atoms with Crippen molar-refractivity contribution in [2.24, 2.45) is 23.5 Å². The number of rotatable bonds is 11. The van der Waals surface area contributed by atoms with Gasteiger partial charge in [0.1, 0.15) is 12.2 Å². The number of ether oxygens (including phenoxy) is 6. The van der Waals surface area contributed by atoms with Crippen molar-refractivity contribution in [3.8, 4) is 11.5 Å². The van der Waals surface area contributed by atoms with E-state index in [2.05, 4.69) is 13.5 Å². The SMILES string of the molecule is C=C(C)[C@@]12C[C@@H](C)[C@@]3(O[C@](Cc4ccccc4)(OC)O1)[C@@H](C=C(COC(=O)Cc1ccc(OC(=O)N4CCCCC4CN)c(OC)c1)C[C@]1(O)C(=O)C(C)=C[C@@H]31)C2. The molecule has 0 radical (unpaired) electrons. The highest BCUT2D eigenvalue weighted by atomic mass is 16.9. The van der Waals surface area contributed by atoms with Crippen molar-refractivity contribution in [3.63, 3.8) is 0 Å². The summed E-state index contributed by atoms with van der Waals surface area (Å²) in [6.45, 7) is 10.9. The highest BCUT2D eigenvalue weighted by molar-refractivity contribution is 6.04. The molecule has 12 heteroatoms. The van der Waals surface area contributed by atoms with Gasteiger partial charge in [-0.3, -0.25) is 9.59 Å². The fourth-order valence-corrected chi connectivity index (χ4v) is 10.1. The zero-order valence-corrected chi connectivity index (χ0v) is 33.7. The molecule has 2 aromatic rings. The molecule has 3 aliphatic carbocycles. The van der Waals surface area contributed by atoms with E-state index in [1.807, 2.05) is 49.4 Å². The van der Waals surface area contributed by atoms with Crippen LogP contribution in [0.25, 0.3) is 0 Å². The number of fused-ring (bicyclic) bond motifs is 4. The normalized spacial score (nSPS) is 33.2. The fourth-order valence-electron chi connectivity index (χ4n) is 10.1. The van der Waals surface area contributed by atoms with Gasteiger partial charge in [0.2, 0.25) is 0 Å². The number of nitrogens with two attached hydrogens (primary N) is 1. The number of piperidine rings is 1. The first-order valence-electron chi connectivity index (χ1n) is 20.0. The first kappa shape index (κ1) is 40.9. The van der Waals surface area contributed by atoms with Gasteiger partial charge in [0.15, 0.2) is 17.3 Å². The van der Waals surface area contributed by atoms with Crippen LogP contribution in [0.1, 0.15) is 70.4 Å². The van der Waals surface area contributed by atoms with Crippen LogP contribution in [-0.4, -0.2) is 90.6 Å². The number of Topliss-reactive ketones (excluding diaryl/α,β-unsaturated/α-hetero) is 1. The van der Waals surface area contributed by atoms with Crippen molar-refractivity contribution in [2.45, 2.75) is 101 Å². The topological polar surface area (TPSA) is 156 Å². The highest BCUT2D eigenvalue weighted by Crippen LogP contribution is 2.64. The van der Waals surface area contributed by atoms with Crippen LogP contribution in [0.5, 0.6) is 11.5 Å². The second-order valence-corrected chi connectivity index (χ2v) is 16.6. The molecule has 1 spiro atoms. The molecule has 1 unspecified atom stereocenters. The number of nitrogens with zero attached hydrogens (tertiary/aromatic N) is 1. The number of carbonyl (C=O) groups excluding carboxylic acids is 3. The smallest absolute Gasteiger partial charge is 0.415 e. The molecule has 3 aliphatic heterocycles. The summed E-state index contributed by atoms with van der Waals surface area (Å²) >= 11 is 0. The summed E-state index contributed by atoms with van der Waals surface area (Å²) in [5.74, 6) is -3.27. The third kappa shape index (κ3) is 7.35. The summed E-state index contributed by atoms with van der Waals surface area (Å²) in [4.78, 5) is 42.2. The maximum atomic E-state index is 14.0. The molecule has 0 aromatic heterocycles. The maximum absolute atomic E-state index is 14.0. The summed E-state index contributed by atoms with van der Waals surface area (Å²) in [5.41, 5.74) is 5.47. The van der Waals surface area contributed by atoms with E-state index in [0.717, 1.165) is 30.4 Å². The average molecular weight is 785 g/mol. The summed E-state index contributed by atoms with van der Waals surface area (Å²) < 4.78 is 37.7. The number of hydrogen-bond acceptors (Lipinski definition) is 11. The first-order chi connectivity index (χ1) is 27.2. The van der Waals surface area contributed by atoms with Crippen molar-refractivity contribution in [3.05, 3.63) is 95.1 Å². The average Bonchev–Trinajstić information content (AvgIpc) is 3.29. The van der Waals surface area contributed by atoms with Gasteiger partial charge in [-0.2, -0.15) is 0 Å². The number of ketones is 1. The summed E-state index contributed by atoms with van der Waals surface area (Å²) in [6, 6.07) is 14.7. The van der Waals surface area contributed by atoms with Crippen LogP contribution in [0.15, 0.2) is 84.0 Å². The number of aliphatic hydroxyl groups is 1. The second-order valence-electron chi connectivity index (χ2n) is 16.6. The zero-order valence-electron chi connectivity index (χ0n) is 33.7. The number of esters is 1. The lowest BCUT2D eigenvalue weighted by Gasteiger charge is -2.53. The molecule has 3 heterocycles. The third-order valence-electron chi connectivity index (χ3n) is 13.0. The maximum Gasteiger partial charge on any atom is 0.415 e. The molecule has 6 aliphatic rings. The number of methoxy groups -OCH3 is 2. The van der Waals surface area contributed by atoms with E-state index in [-0.39, 0.29) is 55.3 Å². The Morgan fingerprint density at radius 2 is 1.81 bits per heavy atom. The number of carbonyl (C=O) groups is 3. The number of hydrogen-bond donors (Lipinski definition) is 2. The lowest BCUT2D eigenvalue weighted by Crippen LogP contribution is -2.63. The molecule has 12 nitrogen and oxygen atoms in total. The molecule has 1 saturated carbocycles. The van der Waals surface area contributed by atoms with E-state index < -0.39 is 40.8 Å². The van der Waals surface area contributed by atoms with E-state index >= 15 is 0 Å². The molecule has 2 bridgehead atoms.